The number of nitrogens with one attached hydrogen (secondary N) is 2. The first kappa shape index (κ1) is 19.2. The van der Waals surface area contributed by atoms with Gasteiger partial charge in [0.1, 0.15) is 11.5 Å². The molecule has 0 fully saturated rings. The molecule has 0 heterocycles. The molecule has 7 nitrogen and oxygen atoms in total. The number of hydrazone groups is 1. The lowest BCUT2D eigenvalue weighted by Crippen LogP contribution is -2.31. The molecule has 0 bridgehead atoms. The van der Waals surface area contributed by atoms with Crippen molar-refractivity contribution >= 4 is 29.5 Å². The number of benzene rings is 2. The highest BCUT2D eigenvalue weighted by Gasteiger charge is 1.99. The van der Waals surface area contributed by atoms with Gasteiger partial charge in [-0.3, -0.25) is 5.43 Å². The average Bonchev–Trinajstić information content (AvgIpc) is 2.66. The lowest BCUT2D eigenvalue weighted by atomic mass is 10.2. The normalized spacial score (nSPS) is 10.3. The molecule has 0 aliphatic heterocycles. The van der Waals surface area contributed by atoms with Crippen molar-refractivity contribution in [2.45, 2.75) is 6.54 Å². The van der Waals surface area contributed by atoms with Crippen LogP contribution in [0.15, 0.2) is 53.6 Å². The van der Waals surface area contributed by atoms with Gasteiger partial charge in [-0.2, -0.15) is 5.10 Å². The van der Waals surface area contributed by atoms with Gasteiger partial charge in [-0.05, 0) is 59.7 Å². The summed E-state index contributed by atoms with van der Waals surface area (Å²) in [6, 6.07) is 14.5. The summed E-state index contributed by atoms with van der Waals surface area (Å²) >= 11 is 5.16. The Morgan fingerprint density at radius 2 is 1.81 bits per heavy atom. The number of rotatable bonds is 8. The number of thiocarbonyl (C=S) groups is 1. The summed E-state index contributed by atoms with van der Waals surface area (Å²) in [4.78, 5) is 10.4. The van der Waals surface area contributed by atoms with Gasteiger partial charge in [-0.15, -0.1) is 0 Å². The van der Waals surface area contributed by atoms with E-state index in [0.29, 0.717) is 17.4 Å². The van der Waals surface area contributed by atoms with E-state index < -0.39 is 5.97 Å². The van der Waals surface area contributed by atoms with E-state index in [1.54, 1.807) is 37.6 Å². The second-order valence-electron chi connectivity index (χ2n) is 5.15. The van der Waals surface area contributed by atoms with Gasteiger partial charge in [-0.25, -0.2) is 4.79 Å². The quantitative estimate of drug-likeness (QED) is 0.371. The van der Waals surface area contributed by atoms with Crippen LogP contribution in [0.5, 0.6) is 11.5 Å². The molecule has 136 valence electrons. The van der Waals surface area contributed by atoms with E-state index in [-0.39, 0.29) is 6.61 Å². The van der Waals surface area contributed by atoms with Crippen molar-refractivity contribution in [1.82, 2.24) is 10.7 Å². The van der Waals surface area contributed by atoms with E-state index in [1.165, 1.54) is 0 Å². The summed E-state index contributed by atoms with van der Waals surface area (Å²) in [6.07, 6.45) is 1.60. The minimum Gasteiger partial charge on any atom is -0.497 e. The van der Waals surface area contributed by atoms with Crippen LogP contribution in [0.3, 0.4) is 0 Å². The summed E-state index contributed by atoms with van der Waals surface area (Å²) < 4.78 is 10.2. The Kier molecular flexibility index (Phi) is 7.38. The number of methoxy groups -OCH3 is 1. The minimum atomic E-state index is -1.02. The van der Waals surface area contributed by atoms with Gasteiger partial charge in [0.2, 0.25) is 0 Å². The molecule has 0 aliphatic carbocycles. The van der Waals surface area contributed by atoms with Crippen molar-refractivity contribution in [3.63, 3.8) is 0 Å². The molecular weight excluding hydrogens is 354 g/mol. The van der Waals surface area contributed by atoms with Crippen LogP contribution in [-0.4, -0.2) is 36.1 Å². The van der Waals surface area contributed by atoms with Gasteiger partial charge >= 0.3 is 5.97 Å². The highest BCUT2D eigenvalue weighted by atomic mass is 32.1. The van der Waals surface area contributed by atoms with Gasteiger partial charge in [0.25, 0.3) is 0 Å². The van der Waals surface area contributed by atoms with E-state index >= 15 is 0 Å². The summed E-state index contributed by atoms with van der Waals surface area (Å²) in [6.45, 7) is 0.198. The first-order chi connectivity index (χ1) is 12.6. The first-order valence-corrected chi connectivity index (χ1v) is 8.12. The monoisotopic (exact) mass is 373 g/mol. The minimum absolute atomic E-state index is 0.372. The number of carbonyl (C=O) groups is 1. The Bertz CT molecular complexity index is 761. The zero-order valence-corrected chi connectivity index (χ0v) is 15.0. The van der Waals surface area contributed by atoms with Crippen LogP contribution in [-0.2, 0) is 11.3 Å². The van der Waals surface area contributed by atoms with Crippen LogP contribution >= 0.6 is 12.2 Å². The number of carboxylic acid groups (broad SMARTS) is 1. The van der Waals surface area contributed by atoms with E-state index in [9.17, 15) is 4.79 Å². The molecule has 0 radical (unpaired) electrons. The number of nitrogens with zero attached hydrogens (tertiary/aromatic N) is 1. The smallest absolute Gasteiger partial charge is 0.341 e. The fraction of sp³-hybridized carbons (Fsp3) is 0.167. The Hall–Kier alpha value is -3.13. The van der Waals surface area contributed by atoms with Crippen molar-refractivity contribution in [1.29, 1.82) is 0 Å². The molecule has 0 atom stereocenters. The zero-order valence-electron chi connectivity index (χ0n) is 14.1. The van der Waals surface area contributed by atoms with Crippen LogP contribution in [0.4, 0.5) is 0 Å². The number of ether oxygens (including phenoxy) is 2. The average molecular weight is 373 g/mol. The Morgan fingerprint density at radius 1 is 1.15 bits per heavy atom. The predicted molar refractivity (Wildman–Crippen MR) is 103 cm³/mol. The lowest BCUT2D eigenvalue weighted by molar-refractivity contribution is -0.139. The molecular formula is C18H19N3O4S. The SMILES string of the molecule is COc1ccc(CNC(=S)N/N=C\c2ccc(OCC(=O)O)cc2)cc1. The molecule has 0 spiro atoms. The number of hydrogen-bond donors (Lipinski definition) is 3. The third kappa shape index (κ3) is 6.78. The molecule has 0 unspecified atom stereocenters. The zero-order chi connectivity index (χ0) is 18.8. The number of carboxylic acids is 1. The van der Waals surface area contributed by atoms with E-state index in [1.807, 2.05) is 24.3 Å². The molecule has 0 saturated heterocycles. The highest BCUT2D eigenvalue weighted by Crippen LogP contribution is 2.11. The predicted octanol–water partition coefficient (Wildman–Crippen LogP) is 2.16. The van der Waals surface area contributed by atoms with Crippen LogP contribution in [0.25, 0.3) is 0 Å². The highest BCUT2D eigenvalue weighted by molar-refractivity contribution is 7.80. The van der Waals surface area contributed by atoms with Gasteiger partial charge < -0.3 is 19.9 Å². The second-order valence-corrected chi connectivity index (χ2v) is 5.56. The molecule has 2 rings (SSSR count). The van der Waals surface area contributed by atoms with Gasteiger partial charge in [0.15, 0.2) is 11.7 Å². The van der Waals surface area contributed by atoms with Crippen LogP contribution in [0, 0.1) is 0 Å². The first-order valence-electron chi connectivity index (χ1n) is 7.71. The molecule has 0 aromatic heterocycles. The maximum absolute atomic E-state index is 10.4. The number of hydrogen-bond acceptors (Lipinski definition) is 5. The van der Waals surface area contributed by atoms with Crippen molar-refractivity contribution < 1.29 is 19.4 Å². The molecule has 3 N–H and O–H groups in total. The van der Waals surface area contributed by atoms with E-state index in [4.69, 9.17) is 26.8 Å². The Balaban J connectivity index is 1.74. The standard InChI is InChI=1S/C18H19N3O4S/c1-24-15-6-2-13(3-7-15)10-19-18(26)21-20-11-14-4-8-16(9-5-14)25-12-17(22)23/h2-9,11H,10,12H2,1H3,(H,22,23)(H2,19,21,26)/b20-11-. The third-order valence-electron chi connectivity index (χ3n) is 3.23. The second kappa shape index (κ2) is 10.00. The third-order valence-corrected chi connectivity index (χ3v) is 3.47. The van der Waals surface area contributed by atoms with E-state index in [0.717, 1.165) is 16.9 Å². The molecule has 0 amide bonds. The molecule has 8 heteroatoms. The Morgan fingerprint density at radius 3 is 2.42 bits per heavy atom. The Labute approximate surface area is 156 Å². The topological polar surface area (TPSA) is 92.2 Å². The van der Waals surface area contributed by atoms with Crippen molar-refractivity contribution in [3.05, 3.63) is 59.7 Å². The van der Waals surface area contributed by atoms with Crippen LogP contribution in [0.1, 0.15) is 11.1 Å². The van der Waals surface area contributed by atoms with Gasteiger partial charge in [0, 0.05) is 6.54 Å². The largest absolute Gasteiger partial charge is 0.497 e. The number of aliphatic carboxylic acids is 1. The van der Waals surface area contributed by atoms with E-state index in [2.05, 4.69) is 15.8 Å². The maximum atomic E-state index is 10.4. The fourth-order valence-corrected chi connectivity index (χ4v) is 2.05. The summed E-state index contributed by atoms with van der Waals surface area (Å²) in [5, 5.41) is 16.1. The maximum Gasteiger partial charge on any atom is 0.341 e. The summed E-state index contributed by atoms with van der Waals surface area (Å²) in [5.74, 6) is 0.267. The molecule has 26 heavy (non-hydrogen) atoms. The van der Waals surface area contributed by atoms with Gasteiger partial charge in [-0.1, -0.05) is 12.1 Å². The summed E-state index contributed by atoms with van der Waals surface area (Å²) in [7, 11) is 1.63. The fourth-order valence-electron chi connectivity index (χ4n) is 1.93. The molecule has 0 aliphatic rings. The van der Waals surface area contributed by atoms with Crippen molar-refractivity contribution in [2.24, 2.45) is 5.10 Å². The molecule has 2 aromatic rings. The van der Waals surface area contributed by atoms with Crippen LogP contribution in [0.2, 0.25) is 0 Å². The molecule has 2 aromatic carbocycles. The molecule has 0 saturated carbocycles. The van der Waals surface area contributed by atoms with Crippen molar-refractivity contribution in [2.75, 3.05) is 13.7 Å². The summed E-state index contributed by atoms with van der Waals surface area (Å²) in [5.41, 5.74) is 4.62. The lowest BCUT2D eigenvalue weighted by Gasteiger charge is -2.07. The van der Waals surface area contributed by atoms with Gasteiger partial charge in [0.05, 0.1) is 13.3 Å². The van der Waals surface area contributed by atoms with Crippen LogP contribution < -0.4 is 20.2 Å². The van der Waals surface area contributed by atoms with Crippen molar-refractivity contribution in [3.8, 4) is 11.5 Å².